The van der Waals surface area contributed by atoms with E-state index in [0.717, 1.165) is 5.56 Å². The Morgan fingerprint density at radius 3 is 2.15 bits per heavy atom. The third kappa shape index (κ3) is 2.07. The molecule has 0 unspecified atom stereocenters. The van der Waals surface area contributed by atoms with E-state index < -0.39 is 6.10 Å². The Kier molecular flexibility index (Phi) is 3.04. The molecule has 1 rings (SSSR count). The number of hydrogen-bond donors (Lipinski definition) is 1. The first-order valence-electron chi connectivity index (χ1n) is 4.51. The van der Waals surface area contributed by atoms with Crippen LogP contribution in [0.15, 0.2) is 12.1 Å². The standard InChI is InChI=1S/C11H15FO/c1-4-10(13)9-5-7(2)11(12)8(3)6-9/h5-6,10,13H,4H2,1-3H3/t10-/m0/s1. The lowest BCUT2D eigenvalue weighted by molar-refractivity contribution is 0.173. The largest absolute Gasteiger partial charge is 0.388 e. The summed E-state index contributed by atoms with van der Waals surface area (Å²) in [5.41, 5.74) is 2.00. The van der Waals surface area contributed by atoms with Crippen LogP contribution in [0, 0.1) is 19.7 Å². The Morgan fingerprint density at radius 1 is 1.31 bits per heavy atom. The van der Waals surface area contributed by atoms with Gasteiger partial charge in [-0.1, -0.05) is 19.1 Å². The van der Waals surface area contributed by atoms with Crippen LogP contribution in [0.25, 0.3) is 0 Å². The number of rotatable bonds is 2. The van der Waals surface area contributed by atoms with Crippen LogP contribution < -0.4 is 0 Å². The van der Waals surface area contributed by atoms with Crippen molar-refractivity contribution in [3.05, 3.63) is 34.6 Å². The van der Waals surface area contributed by atoms with E-state index in [-0.39, 0.29) is 5.82 Å². The summed E-state index contributed by atoms with van der Waals surface area (Å²) in [5, 5.41) is 9.55. The Morgan fingerprint density at radius 2 is 1.77 bits per heavy atom. The fourth-order valence-electron chi connectivity index (χ4n) is 1.41. The predicted molar refractivity (Wildman–Crippen MR) is 51.1 cm³/mol. The molecule has 0 bridgehead atoms. The molecule has 0 spiro atoms. The third-order valence-corrected chi connectivity index (χ3v) is 2.23. The normalized spacial score (nSPS) is 13.0. The minimum absolute atomic E-state index is 0.174. The van der Waals surface area contributed by atoms with Crippen molar-refractivity contribution in [3.8, 4) is 0 Å². The first kappa shape index (κ1) is 10.2. The summed E-state index contributed by atoms with van der Waals surface area (Å²) in [4.78, 5) is 0. The van der Waals surface area contributed by atoms with E-state index in [0.29, 0.717) is 17.5 Å². The van der Waals surface area contributed by atoms with Gasteiger partial charge in [-0.15, -0.1) is 0 Å². The van der Waals surface area contributed by atoms with Crippen LogP contribution in [0.4, 0.5) is 4.39 Å². The Labute approximate surface area is 78.2 Å². The Balaban J connectivity index is 3.13. The second-order valence-electron chi connectivity index (χ2n) is 3.39. The smallest absolute Gasteiger partial charge is 0.129 e. The molecule has 0 aromatic heterocycles. The van der Waals surface area contributed by atoms with E-state index in [1.54, 1.807) is 26.0 Å². The van der Waals surface area contributed by atoms with Gasteiger partial charge in [0.1, 0.15) is 5.82 Å². The third-order valence-electron chi connectivity index (χ3n) is 2.23. The number of halogens is 1. The lowest BCUT2D eigenvalue weighted by Crippen LogP contribution is -1.98. The first-order chi connectivity index (χ1) is 6.06. The van der Waals surface area contributed by atoms with E-state index in [2.05, 4.69) is 0 Å². The molecule has 72 valence electrons. The van der Waals surface area contributed by atoms with Crippen LogP contribution in [-0.2, 0) is 0 Å². The fraction of sp³-hybridized carbons (Fsp3) is 0.455. The van der Waals surface area contributed by atoms with Crippen molar-refractivity contribution in [1.82, 2.24) is 0 Å². The van der Waals surface area contributed by atoms with Gasteiger partial charge in [0.15, 0.2) is 0 Å². The van der Waals surface area contributed by atoms with E-state index in [9.17, 15) is 9.50 Å². The zero-order valence-electron chi connectivity index (χ0n) is 8.26. The van der Waals surface area contributed by atoms with E-state index >= 15 is 0 Å². The van der Waals surface area contributed by atoms with Gasteiger partial charge in [-0.25, -0.2) is 4.39 Å². The predicted octanol–water partition coefficient (Wildman–Crippen LogP) is 2.89. The molecule has 1 aromatic rings. The molecule has 0 aliphatic heterocycles. The summed E-state index contributed by atoms with van der Waals surface area (Å²) >= 11 is 0. The monoisotopic (exact) mass is 182 g/mol. The van der Waals surface area contributed by atoms with Crippen LogP contribution in [0.3, 0.4) is 0 Å². The van der Waals surface area contributed by atoms with Crippen molar-refractivity contribution in [2.45, 2.75) is 33.3 Å². The highest BCUT2D eigenvalue weighted by atomic mass is 19.1. The van der Waals surface area contributed by atoms with Gasteiger partial charge in [0.25, 0.3) is 0 Å². The van der Waals surface area contributed by atoms with Crippen LogP contribution in [0.1, 0.15) is 36.1 Å². The van der Waals surface area contributed by atoms with Gasteiger partial charge in [-0.3, -0.25) is 0 Å². The van der Waals surface area contributed by atoms with Crippen LogP contribution >= 0.6 is 0 Å². The molecule has 0 heterocycles. The minimum atomic E-state index is -0.474. The molecule has 1 aromatic carbocycles. The molecule has 1 nitrogen and oxygen atoms in total. The van der Waals surface area contributed by atoms with E-state index in [1.165, 1.54) is 0 Å². The van der Waals surface area contributed by atoms with E-state index in [4.69, 9.17) is 0 Å². The molecule has 0 aliphatic rings. The summed E-state index contributed by atoms with van der Waals surface area (Å²) in [7, 11) is 0. The van der Waals surface area contributed by atoms with Gasteiger partial charge < -0.3 is 5.11 Å². The highest BCUT2D eigenvalue weighted by molar-refractivity contribution is 5.31. The van der Waals surface area contributed by atoms with Gasteiger partial charge in [0, 0.05) is 0 Å². The Bertz CT molecular complexity index is 284. The molecule has 13 heavy (non-hydrogen) atoms. The van der Waals surface area contributed by atoms with Crippen LogP contribution in [0.5, 0.6) is 0 Å². The van der Waals surface area contributed by atoms with Gasteiger partial charge in [-0.2, -0.15) is 0 Å². The molecule has 0 radical (unpaired) electrons. The second-order valence-corrected chi connectivity index (χ2v) is 3.39. The maximum atomic E-state index is 13.2. The summed E-state index contributed by atoms with van der Waals surface area (Å²) in [5.74, 6) is -0.174. The molecule has 0 saturated heterocycles. The molecule has 2 heteroatoms. The molecular formula is C11H15FO. The summed E-state index contributed by atoms with van der Waals surface area (Å²) < 4.78 is 13.2. The van der Waals surface area contributed by atoms with Crippen molar-refractivity contribution in [2.24, 2.45) is 0 Å². The average molecular weight is 182 g/mol. The average Bonchev–Trinajstić information content (AvgIpc) is 2.12. The lowest BCUT2D eigenvalue weighted by atomic mass is 10.0. The maximum Gasteiger partial charge on any atom is 0.129 e. The SMILES string of the molecule is CC[C@H](O)c1cc(C)c(F)c(C)c1. The molecule has 0 saturated carbocycles. The quantitative estimate of drug-likeness (QED) is 0.745. The number of hydrogen-bond acceptors (Lipinski definition) is 1. The molecular weight excluding hydrogens is 167 g/mol. The lowest BCUT2D eigenvalue weighted by Gasteiger charge is -2.11. The molecule has 1 N–H and O–H groups in total. The maximum absolute atomic E-state index is 13.2. The molecule has 1 atom stereocenters. The number of aryl methyl sites for hydroxylation is 2. The number of aliphatic hydroxyl groups excluding tert-OH is 1. The highest BCUT2D eigenvalue weighted by Gasteiger charge is 2.09. The van der Waals surface area contributed by atoms with Gasteiger partial charge in [-0.05, 0) is 37.0 Å². The van der Waals surface area contributed by atoms with E-state index in [1.807, 2.05) is 6.92 Å². The summed E-state index contributed by atoms with van der Waals surface area (Å²) in [6, 6.07) is 3.41. The zero-order chi connectivity index (χ0) is 10.0. The van der Waals surface area contributed by atoms with Gasteiger partial charge >= 0.3 is 0 Å². The van der Waals surface area contributed by atoms with Gasteiger partial charge in [0.2, 0.25) is 0 Å². The number of benzene rings is 1. The Hall–Kier alpha value is -0.890. The highest BCUT2D eigenvalue weighted by Crippen LogP contribution is 2.21. The topological polar surface area (TPSA) is 20.2 Å². The second kappa shape index (κ2) is 3.88. The number of aliphatic hydroxyl groups is 1. The van der Waals surface area contributed by atoms with Gasteiger partial charge in [0.05, 0.1) is 6.10 Å². The van der Waals surface area contributed by atoms with Crippen molar-refractivity contribution < 1.29 is 9.50 Å². The van der Waals surface area contributed by atoms with Crippen LogP contribution in [-0.4, -0.2) is 5.11 Å². The molecule has 0 fully saturated rings. The van der Waals surface area contributed by atoms with Crippen molar-refractivity contribution in [2.75, 3.05) is 0 Å². The zero-order valence-corrected chi connectivity index (χ0v) is 8.26. The van der Waals surface area contributed by atoms with Crippen molar-refractivity contribution in [1.29, 1.82) is 0 Å². The van der Waals surface area contributed by atoms with Crippen LogP contribution in [0.2, 0.25) is 0 Å². The minimum Gasteiger partial charge on any atom is -0.388 e. The summed E-state index contributed by atoms with van der Waals surface area (Å²) in [6.45, 7) is 5.33. The molecule has 0 aliphatic carbocycles. The fourth-order valence-corrected chi connectivity index (χ4v) is 1.41. The molecule has 0 amide bonds. The van der Waals surface area contributed by atoms with Crippen molar-refractivity contribution >= 4 is 0 Å². The van der Waals surface area contributed by atoms with Crippen molar-refractivity contribution in [3.63, 3.8) is 0 Å². The first-order valence-corrected chi connectivity index (χ1v) is 4.51. The summed E-state index contributed by atoms with van der Waals surface area (Å²) in [6.07, 6.45) is 0.183.